The molecule has 2 aromatic rings. The fourth-order valence-corrected chi connectivity index (χ4v) is 9.83. The fourth-order valence-electron chi connectivity index (χ4n) is 9.83. The molecule has 6 rings (SSSR count). The van der Waals surface area contributed by atoms with Crippen LogP contribution in [0.5, 0.6) is 0 Å². The van der Waals surface area contributed by atoms with E-state index in [1.165, 1.54) is 32.1 Å². The van der Waals surface area contributed by atoms with Crippen molar-refractivity contribution in [3.05, 3.63) is 94.6 Å². The highest BCUT2D eigenvalue weighted by atomic mass is 16.6. The highest BCUT2D eigenvalue weighted by Crippen LogP contribution is 2.64. The molecule has 60 heavy (non-hydrogen) atoms. The Labute approximate surface area is 348 Å². The zero-order chi connectivity index (χ0) is 44.1. The summed E-state index contributed by atoms with van der Waals surface area (Å²) in [5.74, 6) is -6.81. The van der Waals surface area contributed by atoms with Crippen LogP contribution in [0.15, 0.2) is 83.5 Å². The van der Waals surface area contributed by atoms with Gasteiger partial charge in [-0.2, -0.15) is 0 Å². The van der Waals surface area contributed by atoms with Crippen molar-refractivity contribution in [1.29, 1.82) is 0 Å². The molecule has 11 atom stereocenters. The number of hydrogen-bond acceptors (Lipinski definition) is 14. The lowest BCUT2D eigenvalue weighted by Crippen LogP contribution is -2.82. The molecule has 0 spiro atoms. The summed E-state index contributed by atoms with van der Waals surface area (Å²) in [7, 11) is 0. The zero-order valence-corrected chi connectivity index (χ0v) is 34.9. The number of hydrogen-bond donors (Lipinski definition) is 4. The number of fused-ring (bicyclic) bond motifs is 5. The quantitative estimate of drug-likeness (QED) is 0.117. The van der Waals surface area contributed by atoms with Crippen LogP contribution in [-0.2, 0) is 47.7 Å². The molecule has 1 saturated heterocycles. The van der Waals surface area contributed by atoms with Crippen LogP contribution in [0.3, 0.4) is 0 Å². The molecule has 0 radical (unpaired) electrons. The number of ether oxygens (including phenoxy) is 5. The molecule has 2 bridgehead atoms. The van der Waals surface area contributed by atoms with Gasteiger partial charge >= 0.3 is 23.9 Å². The predicted molar refractivity (Wildman–Crippen MR) is 211 cm³/mol. The molecular formula is C45H53NO14. The number of nitrogens with one attached hydrogen (secondary N) is 1. The lowest BCUT2D eigenvalue weighted by Gasteiger charge is -2.67. The summed E-state index contributed by atoms with van der Waals surface area (Å²) in [6, 6.07) is 14.8. The van der Waals surface area contributed by atoms with E-state index in [1.807, 2.05) is 0 Å². The van der Waals surface area contributed by atoms with Crippen LogP contribution < -0.4 is 5.32 Å². The molecule has 1 heterocycles. The van der Waals surface area contributed by atoms with Crippen LogP contribution in [0.2, 0.25) is 0 Å². The largest absolute Gasteiger partial charge is 0.456 e. The topological polar surface area (TPSA) is 221 Å². The summed E-state index contributed by atoms with van der Waals surface area (Å²) in [6.07, 6.45) is -9.14. The maximum Gasteiger partial charge on any atom is 0.338 e. The third kappa shape index (κ3) is 7.45. The van der Waals surface area contributed by atoms with Gasteiger partial charge in [-0.3, -0.25) is 19.2 Å². The molecule has 2 saturated carbocycles. The Hall–Kier alpha value is -5.22. The van der Waals surface area contributed by atoms with E-state index in [2.05, 4.69) is 5.32 Å². The van der Waals surface area contributed by atoms with E-state index in [1.54, 1.807) is 76.2 Å². The maximum absolute atomic E-state index is 15.4. The molecule has 15 heteroatoms. The van der Waals surface area contributed by atoms with Gasteiger partial charge in [-0.15, -0.1) is 0 Å². The first-order chi connectivity index (χ1) is 28.1. The Morgan fingerprint density at radius 2 is 1.52 bits per heavy atom. The van der Waals surface area contributed by atoms with E-state index >= 15 is 4.79 Å². The average Bonchev–Trinajstić information content (AvgIpc) is 3.17. The molecule has 15 nitrogen and oxygen atoms in total. The smallest absolute Gasteiger partial charge is 0.338 e. The van der Waals surface area contributed by atoms with E-state index in [-0.39, 0.29) is 29.7 Å². The van der Waals surface area contributed by atoms with Gasteiger partial charge in [0.05, 0.1) is 35.6 Å². The van der Waals surface area contributed by atoms with Gasteiger partial charge in [0, 0.05) is 38.2 Å². The Morgan fingerprint density at radius 1 is 0.900 bits per heavy atom. The molecule has 1 unspecified atom stereocenters. The second-order valence-corrected chi connectivity index (χ2v) is 17.2. The van der Waals surface area contributed by atoms with Crippen molar-refractivity contribution in [1.82, 2.24) is 5.32 Å². The molecule has 3 fully saturated rings. The summed E-state index contributed by atoms with van der Waals surface area (Å²) in [5.41, 5.74) is -6.57. The van der Waals surface area contributed by atoms with Crippen molar-refractivity contribution in [2.24, 2.45) is 16.7 Å². The first kappa shape index (κ1) is 44.3. The van der Waals surface area contributed by atoms with E-state index < -0.39 is 113 Å². The van der Waals surface area contributed by atoms with Crippen molar-refractivity contribution in [3.63, 3.8) is 0 Å². The summed E-state index contributed by atoms with van der Waals surface area (Å²) in [4.78, 5) is 82.7. The molecule has 2 aromatic carbocycles. The number of carbonyl (C=O) groups excluding carboxylic acids is 6. The predicted octanol–water partition coefficient (Wildman–Crippen LogP) is 3.39. The lowest BCUT2D eigenvalue weighted by atomic mass is 9.44. The van der Waals surface area contributed by atoms with Crippen molar-refractivity contribution in [2.75, 3.05) is 6.61 Å². The first-order valence-electron chi connectivity index (χ1n) is 19.9. The van der Waals surface area contributed by atoms with E-state index in [0.717, 1.165) is 13.8 Å². The van der Waals surface area contributed by atoms with Gasteiger partial charge in [0.1, 0.15) is 23.9 Å². The summed E-state index contributed by atoms with van der Waals surface area (Å²) >= 11 is 0. The van der Waals surface area contributed by atoms with Crippen LogP contribution in [0.1, 0.15) is 90.2 Å². The van der Waals surface area contributed by atoms with Crippen LogP contribution >= 0.6 is 0 Å². The molecule has 1 amide bonds. The van der Waals surface area contributed by atoms with E-state index in [9.17, 15) is 39.3 Å². The molecule has 3 aliphatic carbocycles. The second kappa shape index (κ2) is 16.3. The Bertz CT molecular complexity index is 2110. The standard InChI is InChI=1S/C45H53NO14/c1-23(2)19-32(50)46-34(27-15-11-9-12-16-27)35(51)41(54)58-29-21-45(55)39(59-40(53)28-17-13-10-14-18-28)37-43(8,30(49)20-31-44(37,22-56-31)60-26(5)48)38(52)36(57-25(4)47)33(24(29)3)42(45,6)7/h9-19,29-31,34-37,39,49,51,55H,20-22H2,1-8H3,(H,46,50)/t29-,30-,31+,34-,35+,36+,37?,39-,43+,44-,45+/m0/s1. The van der Waals surface area contributed by atoms with Gasteiger partial charge < -0.3 is 44.3 Å². The maximum atomic E-state index is 15.4. The van der Waals surface area contributed by atoms with Gasteiger partial charge in [-0.05, 0) is 56.5 Å². The first-order valence-corrected chi connectivity index (χ1v) is 19.9. The van der Waals surface area contributed by atoms with Gasteiger partial charge in [-0.1, -0.05) is 68.0 Å². The molecule has 1 aliphatic heterocycles. The number of carbonyl (C=O) groups is 6. The van der Waals surface area contributed by atoms with Crippen LogP contribution in [0.4, 0.5) is 0 Å². The van der Waals surface area contributed by atoms with E-state index in [4.69, 9.17) is 23.7 Å². The number of Topliss-reactive ketones (excluding diaryl/α,β-unsaturated/α-hetero) is 1. The van der Waals surface area contributed by atoms with Crippen LogP contribution in [0, 0.1) is 16.7 Å². The monoisotopic (exact) mass is 831 g/mol. The fraction of sp³-hybridized carbons (Fsp3) is 0.511. The average molecular weight is 832 g/mol. The Kier molecular flexibility index (Phi) is 12.1. The molecule has 4 aliphatic rings. The number of ketones is 1. The van der Waals surface area contributed by atoms with Gasteiger partial charge in [0.2, 0.25) is 5.91 Å². The second-order valence-electron chi connectivity index (χ2n) is 17.2. The summed E-state index contributed by atoms with van der Waals surface area (Å²) < 4.78 is 30.2. The Balaban J connectivity index is 1.55. The number of rotatable bonds is 10. The Morgan fingerprint density at radius 3 is 2.07 bits per heavy atom. The van der Waals surface area contributed by atoms with Gasteiger partial charge in [0.15, 0.2) is 23.6 Å². The highest BCUT2D eigenvalue weighted by Gasteiger charge is 2.78. The minimum atomic E-state index is -2.38. The van der Waals surface area contributed by atoms with Crippen molar-refractivity contribution >= 4 is 35.6 Å². The molecule has 322 valence electrons. The van der Waals surface area contributed by atoms with Crippen LogP contribution in [0.25, 0.3) is 0 Å². The van der Waals surface area contributed by atoms with Gasteiger partial charge in [-0.25, -0.2) is 9.59 Å². The third-order valence-electron chi connectivity index (χ3n) is 12.9. The normalized spacial score (nSPS) is 32.5. The SMILES string of the molecule is CC(=O)O[C@H]1C(=O)[C@@]2(C)C([C@H](OC(=O)c3ccccc3)[C@]3(O)C[C@H](OC(=O)[C@H](O)[C@@H](NC(=O)C=C(C)C)c4ccccc4)C(C)=C1C3(C)C)[C@]1(OC(C)=O)CO[C@@H]1C[C@@H]2O. The van der Waals surface area contributed by atoms with Gasteiger partial charge in [0.25, 0.3) is 0 Å². The third-order valence-corrected chi connectivity index (χ3v) is 12.9. The number of esters is 4. The summed E-state index contributed by atoms with van der Waals surface area (Å²) in [6.45, 7) is 11.4. The number of benzene rings is 2. The number of aliphatic hydroxyl groups excluding tert-OH is 2. The number of allylic oxidation sites excluding steroid dienone is 1. The van der Waals surface area contributed by atoms with Crippen LogP contribution in [-0.4, -0.2) is 105 Å². The van der Waals surface area contributed by atoms with Crippen molar-refractivity contribution in [2.45, 2.75) is 122 Å². The van der Waals surface area contributed by atoms with Crippen molar-refractivity contribution < 1.29 is 67.8 Å². The molecular weight excluding hydrogens is 778 g/mol. The summed E-state index contributed by atoms with van der Waals surface area (Å²) in [5, 5.41) is 40.0. The minimum Gasteiger partial charge on any atom is -0.456 e. The number of amides is 1. The van der Waals surface area contributed by atoms with E-state index in [0.29, 0.717) is 11.1 Å². The molecule has 4 N–H and O–H groups in total. The highest BCUT2D eigenvalue weighted by molar-refractivity contribution is 5.95. The lowest BCUT2D eigenvalue weighted by molar-refractivity contribution is -0.346. The van der Waals surface area contributed by atoms with Crippen molar-refractivity contribution in [3.8, 4) is 0 Å². The minimum absolute atomic E-state index is 0.00126. The number of aliphatic hydroxyl groups is 3. The molecule has 0 aromatic heterocycles. The zero-order valence-electron chi connectivity index (χ0n) is 34.9.